The summed E-state index contributed by atoms with van der Waals surface area (Å²) < 4.78 is 0. The van der Waals surface area contributed by atoms with E-state index in [4.69, 9.17) is 5.11 Å². The fourth-order valence-corrected chi connectivity index (χ4v) is 3.56. The van der Waals surface area contributed by atoms with Gasteiger partial charge in [-0.05, 0) is 49.8 Å². The van der Waals surface area contributed by atoms with E-state index in [1.54, 1.807) is 17.4 Å². The molecule has 104 valence electrons. The number of likely N-dealkylation sites (tertiary alicyclic amines) is 1. The van der Waals surface area contributed by atoms with E-state index in [2.05, 4.69) is 24.8 Å². The van der Waals surface area contributed by atoms with Crippen LogP contribution in [-0.4, -0.2) is 28.1 Å². The molecule has 1 aliphatic rings. The Bertz CT molecular complexity index is 456. The lowest BCUT2D eigenvalue weighted by molar-refractivity contribution is -0.131. The van der Waals surface area contributed by atoms with E-state index in [0.29, 0.717) is 12.1 Å². The summed E-state index contributed by atoms with van der Waals surface area (Å²) in [5.74, 6) is -0.897. The third-order valence-corrected chi connectivity index (χ3v) is 4.75. The number of carboxylic acids is 1. The van der Waals surface area contributed by atoms with Gasteiger partial charge in [-0.25, -0.2) is 4.79 Å². The molecule has 0 aliphatic carbocycles. The Balaban J connectivity index is 2.01. The van der Waals surface area contributed by atoms with Crippen LogP contribution in [0.3, 0.4) is 0 Å². The quantitative estimate of drug-likeness (QED) is 0.856. The summed E-state index contributed by atoms with van der Waals surface area (Å²) in [4.78, 5) is 14.4. The molecular formula is C15H21NO2S. The summed E-state index contributed by atoms with van der Waals surface area (Å²) in [5, 5.41) is 10.6. The molecule has 1 N–H and O–H groups in total. The monoisotopic (exact) mass is 279 g/mol. The number of aliphatic carboxylic acids is 1. The van der Waals surface area contributed by atoms with Gasteiger partial charge in [-0.3, -0.25) is 4.90 Å². The van der Waals surface area contributed by atoms with Crippen molar-refractivity contribution in [2.45, 2.75) is 51.7 Å². The average molecular weight is 279 g/mol. The highest BCUT2D eigenvalue weighted by Crippen LogP contribution is 2.26. The molecule has 0 unspecified atom stereocenters. The van der Waals surface area contributed by atoms with Gasteiger partial charge in [0, 0.05) is 29.6 Å². The molecule has 0 amide bonds. The smallest absolute Gasteiger partial charge is 0.328 e. The zero-order valence-electron chi connectivity index (χ0n) is 11.5. The highest BCUT2D eigenvalue weighted by molar-refractivity contribution is 7.10. The first-order chi connectivity index (χ1) is 9.06. The number of thiophene rings is 1. The summed E-state index contributed by atoms with van der Waals surface area (Å²) in [6, 6.07) is 3.38. The van der Waals surface area contributed by atoms with Crippen molar-refractivity contribution in [2.24, 2.45) is 0 Å². The predicted molar refractivity (Wildman–Crippen MR) is 79.3 cm³/mol. The molecule has 0 spiro atoms. The molecule has 2 rings (SSSR count). The van der Waals surface area contributed by atoms with Gasteiger partial charge in [0.15, 0.2) is 0 Å². The van der Waals surface area contributed by atoms with E-state index in [1.165, 1.54) is 30.2 Å². The van der Waals surface area contributed by atoms with Crippen molar-refractivity contribution < 1.29 is 9.90 Å². The fraction of sp³-hybridized carbons (Fsp3) is 0.533. The topological polar surface area (TPSA) is 40.5 Å². The van der Waals surface area contributed by atoms with E-state index in [1.807, 2.05) is 5.38 Å². The van der Waals surface area contributed by atoms with Gasteiger partial charge in [0.1, 0.15) is 0 Å². The normalized spacial score (nSPS) is 24.9. The SMILES string of the molecule is C[C@@H]1CCC[C@H](C)N1Cc1cc(/C=C/C(=O)O)cs1. The van der Waals surface area contributed by atoms with Crippen molar-refractivity contribution in [1.29, 1.82) is 0 Å². The molecule has 2 atom stereocenters. The van der Waals surface area contributed by atoms with Crippen LogP contribution in [0.1, 0.15) is 43.6 Å². The standard InChI is InChI=1S/C15H21NO2S/c1-11-4-3-5-12(2)16(11)9-14-8-13(10-19-14)6-7-15(17)18/h6-8,10-12H,3-5,9H2,1-2H3,(H,17,18)/b7-6+/t11-,12+. The highest BCUT2D eigenvalue weighted by Gasteiger charge is 2.24. The second-order valence-electron chi connectivity index (χ2n) is 5.32. The summed E-state index contributed by atoms with van der Waals surface area (Å²) in [6.45, 7) is 5.58. The number of hydrogen-bond acceptors (Lipinski definition) is 3. The molecule has 0 aromatic carbocycles. The van der Waals surface area contributed by atoms with Crippen LogP contribution in [0.4, 0.5) is 0 Å². The molecule has 4 heteroatoms. The third kappa shape index (κ3) is 3.91. The Labute approximate surface area is 118 Å². The molecule has 2 heterocycles. The van der Waals surface area contributed by atoms with Crippen molar-refractivity contribution in [3.8, 4) is 0 Å². The predicted octanol–water partition coefficient (Wildman–Crippen LogP) is 3.61. The Morgan fingerprint density at radius 3 is 2.79 bits per heavy atom. The van der Waals surface area contributed by atoms with Crippen LogP contribution in [0.2, 0.25) is 0 Å². The van der Waals surface area contributed by atoms with Gasteiger partial charge in [-0.15, -0.1) is 11.3 Å². The van der Waals surface area contributed by atoms with Gasteiger partial charge >= 0.3 is 5.97 Å². The first-order valence-electron chi connectivity index (χ1n) is 6.80. The van der Waals surface area contributed by atoms with Gasteiger partial charge in [-0.2, -0.15) is 0 Å². The van der Waals surface area contributed by atoms with E-state index < -0.39 is 5.97 Å². The minimum absolute atomic E-state index is 0.642. The van der Waals surface area contributed by atoms with Crippen molar-refractivity contribution in [2.75, 3.05) is 0 Å². The lowest BCUT2D eigenvalue weighted by Crippen LogP contribution is -2.42. The molecule has 1 aromatic heterocycles. The Morgan fingerprint density at radius 2 is 2.16 bits per heavy atom. The maximum atomic E-state index is 10.5. The number of rotatable bonds is 4. The van der Waals surface area contributed by atoms with Crippen molar-refractivity contribution in [1.82, 2.24) is 4.90 Å². The maximum Gasteiger partial charge on any atom is 0.328 e. The van der Waals surface area contributed by atoms with Crippen LogP contribution in [0.15, 0.2) is 17.5 Å². The molecule has 1 saturated heterocycles. The summed E-state index contributed by atoms with van der Waals surface area (Å²) in [5.41, 5.74) is 0.986. The van der Waals surface area contributed by atoms with Crippen molar-refractivity contribution >= 4 is 23.4 Å². The van der Waals surface area contributed by atoms with Crippen LogP contribution in [0.25, 0.3) is 6.08 Å². The Kier molecular flexibility index (Phi) is 4.77. The zero-order chi connectivity index (χ0) is 13.8. The lowest BCUT2D eigenvalue weighted by Gasteiger charge is -2.38. The van der Waals surface area contributed by atoms with Crippen molar-refractivity contribution in [3.05, 3.63) is 28.0 Å². The first-order valence-corrected chi connectivity index (χ1v) is 7.68. The number of carboxylic acid groups (broad SMARTS) is 1. The van der Waals surface area contributed by atoms with Gasteiger partial charge in [0.2, 0.25) is 0 Å². The van der Waals surface area contributed by atoms with E-state index >= 15 is 0 Å². The van der Waals surface area contributed by atoms with E-state index in [-0.39, 0.29) is 0 Å². The largest absolute Gasteiger partial charge is 0.478 e. The molecule has 19 heavy (non-hydrogen) atoms. The zero-order valence-corrected chi connectivity index (χ0v) is 12.3. The second kappa shape index (κ2) is 6.35. The summed E-state index contributed by atoms with van der Waals surface area (Å²) in [7, 11) is 0. The summed E-state index contributed by atoms with van der Waals surface area (Å²) >= 11 is 1.71. The van der Waals surface area contributed by atoms with Crippen LogP contribution in [-0.2, 0) is 11.3 Å². The van der Waals surface area contributed by atoms with Crippen LogP contribution in [0, 0.1) is 0 Å². The van der Waals surface area contributed by atoms with Crippen LogP contribution < -0.4 is 0 Å². The Hall–Kier alpha value is -1.13. The minimum atomic E-state index is -0.897. The van der Waals surface area contributed by atoms with Crippen LogP contribution in [0.5, 0.6) is 0 Å². The van der Waals surface area contributed by atoms with E-state index in [0.717, 1.165) is 12.1 Å². The number of piperidine rings is 1. The fourth-order valence-electron chi connectivity index (χ4n) is 2.70. The maximum absolute atomic E-state index is 10.5. The van der Waals surface area contributed by atoms with Gasteiger partial charge < -0.3 is 5.11 Å². The first kappa shape index (κ1) is 14.3. The van der Waals surface area contributed by atoms with Crippen molar-refractivity contribution in [3.63, 3.8) is 0 Å². The highest BCUT2D eigenvalue weighted by atomic mass is 32.1. The summed E-state index contributed by atoms with van der Waals surface area (Å²) in [6.07, 6.45) is 6.74. The molecule has 1 aromatic rings. The van der Waals surface area contributed by atoms with Gasteiger partial charge in [0.25, 0.3) is 0 Å². The molecule has 0 bridgehead atoms. The van der Waals surface area contributed by atoms with Gasteiger partial charge in [0.05, 0.1) is 0 Å². The molecule has 3 nitrogen and oxygen atoms in total. The number of carbonyl (C=O) groups is 1. The average Bonchev–Trinajstić information content (AvgIpc) is 2.79. The minimum Gasteiger partial charge on any atom is -0.478 e. The second-order valence-corrected chi connectivity index (χ2v) is 6.31. The molecule has 0 saturated carbocycles. The van der Waals surface area contributed by atoms with Crippen LogP contribution >= 0.6 is 11.3 Å². The van der Waals surface area contributed by atoms with E-state index in [9.17, 15) is 4.79 Å². The number of hydrogen-bond donors (Lipinski definition) is 1. The third-order valence-electron chi connectivity index (χ3n) is 3.81. The molecule has 1 fully saturated rings. The number of nitrogens with zero attached hydrogens (tertiary/aromatic N) is 1. The lowest BCUT2D eigenvalue weighted by atomic mass is 9.97. The molecule has 0 radical (unpaired) electrons. The molecule has 1 aliphatic heterocycles. The molecular weight excluding hydrogens is 258 g/mol. The van der Waals surface area contributed by atoms with Gasteiger partial charge in [-0.1, -0.05) is 6.42 Å². The Morgan fingerprint density at radius 1 is 1.47 bits per heavy atom.